The van der Waals surface area contributed by atoms with Crippen molar-refractivity contribution in [3.63, 3.8) is 0 Å². The summed E-state index contributed by atoms with van der Waals surface area (Å²) in [6, 6.07) is 13.1. The molecule has 2 fully saturated rings. The summed E-state index contributed by atoms with van der Waals surface area (Å²) in [5.74, 6) is 0.377. The minimum Gasteiger partial charge on any atom is -0.481 e. The minimum absolute atomic E-state index is 0.0137. The number of carbonyl (C=O) groups excluding carboxylic acids is 1. The van der Waals surface area contributed by atoms with Crippen LogP contribution in [0.15, 0.2) is 53.1 Å². The molecule has 5 heteroatoms. The average molecular weight is 339 g/mol. The number of carbonyl (C=O) groups is 2. The van der Waals surface area contributed by atoms with Gasteiger partial charge in [0.25, 0.3) is 0 Å². The zero-order valence-electron chi connectivity index (χ0n) is 13.9. The fourth-order valence-electron chi connectivity index (χ4n) is 4.01. The molecule has 4 rings (SSSR count). The second kappa shape index (κ2) is 6.06. The number of hydrogen-bond acceptors (Lipinski definition) is 3. The van der Waals surface area contributed by atoms with Crippen LogP contribution in [0.1, 0.15) is 36.5 Å². The average Bonchev–Trinajstić information content (AvgIpc) is 3.26. The van der Waals surface area contributed by atoms with Crippen LogP contribution in [-0.4, -0.2) is 35.0 Å². The number of nitrogens with zero attached hydrogens (tertiary/aromatic N) is 1. The lowest BCUT2D eigenvalue weighted by molar-refractivity contribution is -0.148. The van der Waals surface area contributed by atoms with Crippen LogP contribution in [0.25, 0.3) is 0 Å². The number of aliphatic carboxylic acids is 1. The third-order valence-electron chi connectivity index (χ3n) is 5.68. The maximum atomic E-state index is 12.7. The topological polar surface area (TPSA) is 70.8 Å². The SMILES string of the molecule is O=C(C1CC1c1ccco1)N1CCC(C(=O)O)(c2ccccc2)CC1. The molecule has 1 aliphatic heterocycles. The van der Waals surface area contributed by atoms with E-state index in [4.69, 9.17) is 4.42 Å². The van der Waals surface area contributed by atoms with Crippen LogP contribution in [0, 0.1) is 5.92 Å². The predicted octanol–water partition coefficient (Wildman–Crippen LogP) is 3.03. The van der Waals surface area contributed by atoms with Gasteiger partial charge in [0.1, 0.15) is 5.76 Å². The fraction of sp³-hybridized carbons (Fsp3) is 0.400. The normalized spacial score (nSPS) is 24.7. The first-order valence-corrected chi connectivity index (χ1v) is 8.73. The van der Waals surface area contributed by atoms with Crippen molar-refractivity contribution in [2.75, 3.05) is 13.1 Å². The quantitative estimate of drug-likeness (QED) is 0.929. The molecule has 0 spiro atoms. The summed E-state index contributed by atoms with van der Waals surface area (Å²) in [5.41, 5.74) is -0.0587. The highest BCUT2D eigenvalue weighted by atomic mass is 16.4. The van der Waals surface area contributed by atoms with Crippen molar-refractivity contribution in [1.29, 1.82) is 0 Å². The van der Waals surface area contributed by atoms with Crippen molar-refractivity contribution in [1.82, 2.24) is 4.90 Å². The highest BCUT2D eigenvalue weighted by Gasteiger charge is 2.50. The Morgan fingerprint density at radius 2 is 1.80 bits per heavy atom. The van der Waals surface area contributed by atoms with Crippen molar-refractivity contribution in [2.45, 2.75) is 30.6 Å². The Bertz CT molecular complexity index is 760. The van der Waals surface area contributed by atoms with Crippen LogP contribution in [0.2, 0.25) is 0 Å². The molecule has 1 aliphatic carbocycles. The maximum Gasteiger partial charge on any atom is 0.314 e. The molecule has 25 heavy (non-hydrogen) atoms. The van der Waals surface area contributed by atoms with E-state index in [9.17, 15) is 14.7 Å². The van der Waals surface area contributed by atoms with Crippen molar-refractivity contribution < 1.29 is 19.1 Å². The first kappa shape index (κ1) is 15.9. The number of hydrogen-bond donors (Lipinski definition) is 1. The molecule has 1 amide bonds. The summed E-state index contributed by atoms with van der Waals surface area (Å²) >= 11 is 0. The van der Waals surface area contributed by atoms with Gasteiger partial charge < -0.3 is 14.4 Å². The Morgan fingerprint density at radius 3 is 2.40 bits per heavy atom. The highest BCUT2D eigenvalue weighted by Crippen LogP contribution is 2.49. The van der Waals surface area contributed by atoms with E-state index in [0.29, 0.717) is 25.9 Å². The van der Waals surface area contributed by atoms with Crippen LogP contribution in [-0.2, 0) is 15.0 Å². The predicted molar refractivity (Wildman–Crippen MR) is 91.1 cm³/mol. The van der Waals surface area contributed by atoms with Crippen molar-refractivity contribution in [2.24, 2.45) is 5.92 Å². The fourth-order valence-corrected chi connectivity index (χ4v) is 4.01. The number of carboxylic acid groups (broad SMARTS) is 1. The molecule has 0 radical (unpaired) electrons. The van der Waals surface area contributed by atoms with Crippen LogP contribution >= 0.6 is 0 Å². The molecule has 2 aromatic rings. The lowest BCUT2D eigenvalue weighted by Gasteiger charge is -2.39. The maximum absolute atomic E-state index is 12.7. The smallest absolute Gasteiger partial charge is 0.314 e. The summed E-state index contributed by atoms with van der Waals surface area (Å²) in [5, 5.41) is 9.84. The number of rotatable bonds is 4. The Kier molecular flexibility index (Phi) is 3.86. The Morgan fingerprint density at radius 1 is 1.08 bits per heavy atom. The van der Waals surface area contributed by atoms with Crippen LogP contribution < -0.4 is 0 Å². The molecule has 0 bridgehead atoms. The molecule has 5 nitrogen and oxygen atoms in total. The molecular formula is C20H21NO4. The van der Waals surface area contributed by atoms with E-state index in [-0.39, 0.29) is 17.7 Å². The third kappa shape index (κ3) is 2.73. The molecule has 1 N–H and O–H groups in total. The van der Waals surface area contributed by atoms with E-state index >= 15 is 0 Å². The van der Waals surface area contributed by atoms with Crippen molar-refractivity contribution in [3.05, 3.63) is 60.1 Å². The molecule has 2 atom stereocenters. The zero-order valence-corrected chi connectivity index (χ0v) is 13.9. The van der Waals surface area contributed by atoms with Crippen molar-refractivity contribution in [3.8, 4) is 0 Å². The van der Waals surface area contributed by atoms with Gasteiger partial charge in [-0.1, -0.05) is 30.3 Å². The lowest BCUT2D eigenvalue weighted by Crippen LogP contribution is -2.49. The third-order valence-corrected chi connectivity index (χ3v) is 5.68. The monoisotopic (exact) mass is 339 g/mol. The molecule has 1 saturated heterocycles. The first-order chi connectivity index (χ1) is 12.1. The molecule has 1 saturated carbocycles. The Balaban J connectivity index is 1.44. The van der Waals surface area contributed by atoms with Gasteiger partial charge in [0.05, 0.1) is 11.7 Å². The molecule has 2 heterocycles. The number of furan rings is 1. The van der Waals surface area contributed by atoms with E-state index in [1.165, 1.54) is 0 Å². The molecule has 1 aromatic carbocycles. The number of piperidine rings is 1. The van der Waals surface area contributed by atoms with Gasteiger partial charge in [-0.15, -0.1) is 0 Å². The summed E-state index contributed by atoms with van der Waals surface area (Å²) in [6.45, 7) is 0.975. The van der Waals surface area contributed by atoms with Crippen LogP contribution in [0.4, 0.5) is 0 Å². The first-order valence-electron chi connectivity index (χ1n) is 8.73. The number of benzene rings is 1. The Labute approximate surface area is 146 Å². The van der Waals surface area contributed by atoms with Gasteiger partial charge in [0.15, 0.2) is 0 Å². The van der Waals surface area contributed by atoms with Gasteiger partial charge in [-0.2, -0.15) is 0 Å². The molecular weight excluding hydrogens is 318 g/mol. The lowest BCUT2D eigenvalue weighted by atomic mass is 9.73. The number of carboxylic acids is 1. The van der Waals surface area contributed by atoms with Gasteiger partial charge in [-0.05, 0) is 37.0 Å². The van der Waals surface area contributed by atoms with E-state index in [0.717, 1.165) is 17.7 Å². The summed E-state index contributed by atoms with van der Waals surface area (Å²) < 4.78 is 5.40. The van der Waals surface area contributed by atoms with Gasteiger partial charge >= 0.3 is 5.97 Å². The van der Waals surface area contributed by atoms with Crippen molar-refractivity contribution >= 4 is 11.9 Å². The van der Waals surface area contributed by atoms with Gasteiger partial charge in [0.2, 0.25) is 5.91 Å². The minimum atomic E-state index is -0.887. The van der Waals surface area contributed by atoms with Gasteiger partial charge in [0, 0.05) is 24.9 Å². The number of likely N-dealkylation sites (tertiary alicyclic amines) is 1. The summed E-state index contributed by atoms with van der Waals surface area (Å²) in [4.78, 5) is 26.5. The Hall–Kier alpha value is -2.56. The largest absolute Gasteiger partial charge is 0.481 e. The standard InChI is InChI=1S/C20H21NO4/c22-18(16-13-15(16)17-7-4-12-25-17)21-10-8-20(9-11-21,19(23)24)14-5-2-1-3-6-14/h1-7,12,15-16H,8-11,13H2,(H,23,24). The molecule has 1 aromatic heterocycles. The number of amides is 1. The summed E-state index contributed by atoms with van der Waals surface area (Å²) in [6.07, 6.45) is 3.37. The van der Waals surface area contributed by atoms with E-state index in [1.807, 2.05) is 47.4 Å². The molecule has 2 unspecified atom stereocenters. The molecule has 130 valence electrons. The summed E-state index contributed by atoms with van der Waals surface area (Å²) in [7, 11) is 0. The second-order valence-electron chi connectivity index (χ2n) is 7.04. The molecule has 2 aliphatic rings. The zero-order chi connectivity index (χ0) is 17.4. The van der Waals surface area contributed by atoms with E-state index < -0.39 is 11.4 Å². The van der Waals surface area contributed by atoms with Gasteiger partial charge in [-0.3, -0.25) is 9.59 Å². The van der Waals surface area contributed by atoms with E-state index in [2.05, 4.69) is 0 Å². The highest BCUT2D eigenvalue weighted by molar-refractivity contribution is 5.85. The van der Waals surface area contributed by atoms with Gasteiger partial charge in [-0.25, -0.2) is 0 Å². The van der Waals surface area contributed by atoms with Crippen LogP contribution in [0.3, 0.4) is 0 Å². The second-order valence-corrected chi connectivity index (χ2v) is 7.04. The van der Waals surface area contributed by atoms with E-state index in [1.54, 1.807) is 6.26 Å². The van der Waals surface area contributed by atoms with Crippen LogP contribution in [0.5, 0.6) is 0 Å².